The minimum absolute atomic E-state index is 0.00796. The molecular formula is C20H16ClN3O6S. The fourth-order valence-electron chi connectivity index (χ4n) is 2.68. The molecular weight excluding hydrogens is 446 g/mol. The van der Waals surface area contributed by atoms with E-state index in [-0.39, 0.29) is 33.3 Å². The predicted molar refractivity (Wildman–Crippen MR) is 116 cm³/mol. The van der Waals surface area contributed by atoms with E-state index < -0.39 is 20.9 Å². The molecule has 160 valence electrons. The first-order valence-corrected chi connectivity index (χ1v) is 10.6. The van der Waals surface area contributed by atoms with E-state index in [0.717, 1.165) is 6.07 Å². The van der Waals surface area contributed by atoms with Crippen molar-refractivity contribution in [1.29, 1.82) is 0 Å². The van der Waals surface area contributed by atoms with Gasteiger partial charge in [0.15, 0.2) is 0 Å². The van der Waals surface area contributed by atoms with Gasteiger partial charge < -0.3 is 10.1 Å². The zero-order valence-electron chi connectivity index (χ0n) is 16.0. The van der Waals surface area contributed by atoms with E-state index in [2.05, 4.69) is 10.0 Å². The van der Waals surface area contributed by atoms with E-state index in [1.807, 2.05) is 0 Å². The Balaban J connectivity index is 1.92. The predicted octanol–water partition coefficient (Wildman–Crippen LogP) is 4.31. The van der Waals surface area contributed by atoms with E-state index in [9.17, 15) is 23.3 Å². The van der Waals surface area contributed by atoms with Crippen molar-refractivity contribution >= 4 is 44.6 Å². The molecule has 0 aliphatic carbocycles. The maximum atomic E-state index is 12.9. The summed E-state index contributed by atoms with van der Waals surface area (Å²) in [5.41, 5.74) is -0.141. The van der Waals surface area contributed by atoms with Crippen molar-refractivity contribution in [3.8, 4) is 5.75 Å². The largest absolute Gasteiger partial charge is 0.495 e. The summed E-state index contributed by atoms with van der Waals surface area (Å²) in [6.07, 6.45) is 0. The number of nitro groups is 1. The van der Waals surface area contributed by atoms with Crippen LogP contribution in [0.1, 0.15) is 10.4 Å². The van der Waals surface area contributed by atoms with Gasteiger partial charge in [-0.25, -0.2) is 8.42 Å². The number of hydrogen-bond acceptors (Lipinski definition) is 6. The van der Waals surface area contributed by atoms with Crippen LogP contribution in [0.25, 0.3) is 0 Å². The summed E-state index contributed by atoms with van der Waals surface area (Å²) in [7, 11) is -2.64. The van der Waals surface area contributed by atoms with Gasteiger partial charge in [-0.1, -0.05) is 23.7 Å². The van der Waals surface area contributed by atoms with E-state index in [4.69, 9.17) is 16.3 Å². The number of methoxy groups -OCH3 is 1. The molecule has 0 fully saturated rings. The van der Waals surface area contributed by atoms with Crippen LogP contribution in [0.5, 0.6) is 5.75 Å². The Morgan fingerprint density at radius 2 is 1.71 bits per heavy atom. The Bertz CT molecular complexity index is 1250. The van der Waals surface area contributed by atoms with Crippen molar-refractivity contribution in [1.82, 2.24) is 0 Å². The third-order valence-electron chi connectivity index (χ3n) is 4.18. The molecule has 2 N–H and O–H groups in total. The van der Waals surface area contributed by atoms with E-state index in [0.29, 0.717) is 5.02 Å². The number of ether oxygens (including phenoxy) is 1. The number of carbonyl (C=O) groups is 1. The van der Waals surface area contributed by atoms with Gasteiger partial charge in [0.2, 0.25) is 0 Å². The van der Waals surface area contributed by atoms with Gasteiger partial charge in [0, 0.05) is 17.2 Å². The highest BCUT2D eigenvalue weighted by Gasteiger charge is 2.20. The molecule has 3 aromatic carbocycles. The average Bonchev–Trinajstić information content (AvgIpc) is 2.74. The van der Waals surface area contributed by atoms with Crippen molar-refractivity contribution in [3.05, 3.63) is 87.4 Å². The summed E-state index contributed by atoms with van der Waals surface area (Å²) in [4.78, 5) is 23.3. The molecule has 3 aromatic rings. The molecule has 31 heavy (non-hydrogen) atoms. The lowest BCUT2D eigenvalue weighted by atomic mass is 10.1. The number of para-hydroxylation sites is 1. The molecule has 0 spiro atoms. The maximum absolute atomic E-state index is 12.9. The first kappa shape index (κ1) is 22.1. The van der Waals surface area contributed by atoms with Gasteiger partial charge in [0.05, 0.1) is 33.9 Å². The van der Waals surface area contributed by atoms with Crippen LogP contribution in [0, 0.1) is 10.1 Å². The van der Waals surface area contributed by atoms with Gasteiger partial charge in [-0.15, -0.1) is 0 Å². The summed E-state index contributed by atoms with van der Waals surface area (Å²) in [5.74, 6) is -0.480. The molecule has 9 nitrogen and oxygen atoms in total. The smallest absolute Gasteiger partial charge is 0.271 e. The second-order valence-electron chi connectivity index (χ2n) is 6.20. The van der Waals surface area contributed by atoms with Crippen LogP contribution in [0.4, 0.5) is 17.1 Å². The van der Waals surface area contributed by atoms with E-state index in [1.54, 1.807) is 12.1 Å². The lowest BCUT2D eigenvalue weighted by Crippen LogP contribution is -2.19. The van der Waals surface area contributed by atoms with Crippen LogP contribution in [0.15, 0.2) is 71.6 Å². The normalized spacial score (nSPS) is 10.9. The SMILES string of the molecule is COc1ccc([N+](=O)[O-])cc1NC(=O)c1ccccc1NS(=O)(=O)c1ccc(Cl)cc1. The number of anilines is 2. The molecule has 0 radical (unpaired) electrons. The Hall–Kier alpha value is -3.63. The van der Waals surface area contributed by atoms with E-state index in [1.165, 1.54) is 55.6 Å². The molecule has 0 saturated carbocycles. The minimum Gasteiger partial charge on any atom is -0.495 e. The fourth-order valence-corrected chi connectivity index (χ4v) is 3.89. The van der Waals surface area contributed by atoms with Gasteiger partial charge in [-0.2, -0.15) is 0 Å². The van der Waals surface area contributed by atoms with Crippen LogP contribution in [0.2, 0.25) is 5.02 Å². The van der Waals surface area contributed by atoms with Crippen LogP contribution < -0.4 is 14.8 Å². The van der Waals surface area contributed by atoms with Gasteiger partial charge in [0.25, 0.3) is 21.6 Å². The number of carbonyl (C=O) groups excluding carboxylic acids is 1. The number of nitrogens with zero attached hydrogens (tertiary/aromatic N) is 1. The zero-order chi connectivity index (χ0) is 22.6. The molecule has 0 bridgehead atoms. The summed E-state index contributed by atoms with van der Waals surface area (Å²) in [6, 6.07) is 15.2. The third-order valence-corrected chi connectivity index (χ3v) is 5.82. The standard InChI is InChI=1S/C20H16ClN3O6S/c1-30-19-11-8-14(24(26)27)12-18(19)22-20(25)16-4-2-3-5-17(16)23-31(28,29)15-9-6-13(21)7-10-15/h2-12,23H,1H3,(H,22,25). The van der Waals surface area contributed by atoms with Crippen molar-refractivity contribution in [2.24, 2.45) is 0 Å². The first-order valence-electron chi connectivity index (χ1n) is 8.72. The van der Waals surface area contributed by atoms with E-state index >= 15 is 0 Å². The molecule has 11 heteroatoms. The second kappa shape index (κ2) is 9.02. The maximum Gasteiger partial charge on any atom is 0.271 e. The lowest BCUT2D eigenvalue weighted by Gasteiger charge is -2.14. The Labute approximate surface area is 182 Å². The fraction of sp³-hybridized carbons (Fsp3) is 0.0500. The van der Waals surface area contributed by atoms with Crippen molar-refractivity contribution < 1.29 is 22.9 Å². The summed E-state index contributed by atoms with van der Waals surface area (Å²) in [5, 5.41) is 13.9. The summed E-state index contributed by atoms with van der Waals surface area (Å²) >= 11 is 5.80. The molecule has 0 aromatic heterocycles. The highest BCUT2D eigenvalue weighted by atomic mass is 35.5. The number of nitrogens with one attached hydrogen (secondary N) is 2. The van der Waals surface area contributed by atoms with Gasteiger partial charge in [0.1, 0.15) is 5.75 Å². The highest BCUT2D eigenvalue weighted by molar-refractivity contribution is 7.92. The number of hydrogen-bond donors (Lipinski definition) is 2. The average molecular weight is 462 g/mol. The Kier molecular flexibility index (Phi) is 6.42. The van der Waals surface area contributed by atoms with Crippen molar-refractivity contribution in [2.45, 2.75) is 4.90 Å². The number of nitro benzene ring substituents is 1. The number of non-ortho nitro benzene ring substituents is 1. The molecule has 0 saturated heterocycles. The molecule has 0 unspecified atom stereocenters. The monoisotopic (exact) mass is 461 g/mol. The van der Waals surface area contributed by atoms with Crippen molar-refractivity contribution in [2.75, 3.05) is 17.1 Å². The molecule has 0 atom stereocenters. The van der Waals surface area contributed by atoms with Gasteiger partial charge in [-0.05, 0) is 42.5 Å². The second-order valence-corrected chi connectivity index (χ2v) is 8.32. The minimum atomic E-state index is -3.99. The molecule has 0 heterocycles. The Morgan fingerprint density at radius 1 is 1.03 bits per heavy atom. The molecule has 1 amide bonds. The number of halogens is 1. The van der Waals surface area contributed by atoms with Crippen LogP contribution in [0.3, 0.4) is 0 Å². The van der Waals surface area contributed by atoms with Crippen molar-refractivity contribution in [3.63, 3.8) is 0 Å². The van der Waals surface area contributed by atoms with Gasteiger partial charge >= 0.3 is 0 Å². The topological polar surface area (TPSA) is 128 Å². The summed E-state index contributed by atoms with van der Waals surface area (Å²) < 4.78 is 32.9. The number of amides is 1. The molecule has 3 rings (SSSR count). The molecule has 0 aliphatic heterocycles. The number of benzene rings is 3. The van der Waals surface area contributed by atoms with Crippen LogP contribution >= 0.6 is 11.6 Å². The Morgan fingerprint density at radius 3 is 2.35 bits per heavy atom. The number of rotatable bonds is 7. The van der Waals surface area contributed by atoms with Crippen LogP contribution in [-0.4, -0.2) is 26.4 Å². The lowest BCUT2D eigenvalue weighted by molar-refractivity contribution is -0.384. The van der Waals surface area contributed by atoms with Gasteiger partial charge in [-0.3, -0.25) is 19.6 Å². The quantitative estimate of drug-likeness (QED) is 0.398. The third kappa shape index (κ3) is 5.11. The summed E-state index contributed by atoms with van der Waals surface area (Å²) in [6.45, 7) is 0. The molecule has 0 aliphatic rings. The highest BCUT2D eigenvalue weighted by Crippen LogP contribution is 2.30. The van der Waals surface area contributed by atoms with Crippen LogP contribution in [-0.2, 0) is 10.0 Å². The number of sulfonamides is 1. The zero-order valence-corrected chi connectivity index (χ0v) is 17.6. The first-order chi connectivity index (χ1) is 14.7.